The maximum atomic E-state index is 13.1. The van der Waals surface area contributed by atoms with Crippen LogP contribution >= 0.6 is 23.2 Å². The Bertz CT molecular complexity index is 1130. The molecule has 0 spiro atoms. The van der Waals surface area contributed by atoms with Gasteiger partial charge in [0.1, 0.15) is 6.54 Å². The zero-order valence-corrected chi connectivity index (χ0v) is 17.9. The van der Waals surface area contributed by atoms with Crippen molar-refractivity contribution in [1.29, 1.82) is 0 Å². The molecule has 0 atom stereocenters. The number of sulfonamides is 1. The highest BCUT2D eigenvalue weighted by atomic mass is 35.5. The van der Waals surface area contributed by atoms with E-state index in [-0.39, 0.29) is 4.90 Å². The number of amides is 1. The second kappa shape index (κ2) is 9.75. The molecule has 3 aromatic rings. The van der Waals surface area contributed by atoms with Gasteiger partial charge in [-0.15, -0.1) is 0 Å². The molecule has 0 aliphatic heterocycles. The maximum Gasteiger partial charge on any atom is 0.264 e. The first-order chi connectivity index (χ1) is 14.4. The third-order valence-corrected chi connectivity index (χ3v) is 6.30. The molecule has 0 radical (unpaired) electrons. The van der Waals surface area contributed by atoms with Crippen LogP contribution in [0, 0.1) is 0 Å². The van der Waals surface area contributed by atoms with Crippen molar-refractivity contribution in [3.63, 3.8) is 0 Å². The van der Waals surface area contributed by atoms with E-state index in [1.165, 1.54) is 30.5 Å². The smallest absolute Gasteiger partial charge is 0.264 e. The molecular weight excluding hydrogens is 445 g/mol. The Morgan fingerprint density at radius 1 is 0.900 bits per heavy atom. The van der Waals surface area contributed by atoms with Gasteiger partial charge in [0.25, 0.3) is 15.9 Å². The number of halogens is 2. The minimum absolute atomic E-state index is 0.0671. The molecule has 0 aliphatic rings. The van der Waals surface area contributed by atoms with Gasteiger partial charge in [-0.1, -0.05) is 53.5 Å². The molecule has 0 fully saturated rings. The summed E-state index contributed by atoms with van der Waals surface area (Å²) in [6.45, 7) is -0.461. The molecule has 0 aromatic heterocycles. The number of anilines is 1. The van der Waals surface area contributed by atoms with Crippen LogP contribution in [0.5, 0.6) is 0 Å². The summed E-state index contributed by atoms with van der Waals surface area (Å²) in [4.78, 5) is 12.5. The molecule has 3 aromatic carbocycles. The molecular formula is C21H17Cl2N3O3S. The summed E-state index contributed by atoms with van der Waals surface area (Å²) >= 11 is 11.7. The van der Waals surface area contributed by atoms with Crippen LogP contribution in [0.2, 0.25) is 10.0 Å². The molecule has 0 unspecified atom stereocenters. The molecule has 1 N–H and O–H groups in total. The number of hydrogen-bond acceptors (Lipinski definition) is 4. The molecule has 0 aliphatic carbocycles. The molecule has 154 valence electrons. The molecule has 1 amide bonds. The third kappa shape index (κ3) is 5.60. The number of nitrogens with zero attached hydrogens (tertiary/aromatic N) is 2. The van der Waals surface area contributed by atoms with Crippen LogP contribution in [0.15, 0.2) is 88.9 Å². The fraction of sp³-hybridized carbons (Fsp3) is 0.0476. The summed E-state index contributed by atoms with van der Waals surface area (Å²) in [5, 5.41) is 4.91. The second-order valence-electron chi connectivity index (χ2n) is 6.15. The molecule has 6 nitrogen and oxygen atoms in total. The van der Waals surface area contributed by atoms with Gasteiger partial charge >= 0.3 is 0 Å². The molecule has 30 heavy (non-hydrogen) atoms. The van der Waals surface area contributed by atoms with Gasteiger partial charge < -0.3 is 0 Å². The topological polar surface area (TPSA) is 78.8 Å². The monoisotopic (exact) mass is 461 g/mol. The number of hydrogen-bond donors (Lipinski definition) is 1. The lowest BCUT2D eigenvalue weighted by Gasteiger charge is -2.23. The Labute approximate surface area is 184 Å². The highest BCUT2D eigenvalue weighted by Crippen LogP contribution is 2.25. The predicted octanol–water partition coefficient (Wildman–Crippen LogP) is 4.34. The Hall–Kier alpha value is -2.87. The normalized spacial score (nSPS) is 11.4. The van der Waals surface area contributed by atoms with Crippen molar-refractivity contribution in [2.75, 3.05) is 10.8 Å². The van der Waals surface area contributed by atoms with Crippen molar-refractivity contribution in [2.45, 2.75) is 4.90 Å². The summed E-state index contributed by atoms with van der Waals surface area (Å²) < 4.78 is 27.3. The average Bonchev–Trinajstić information content (AvgIpc) is 2.75. The fourth-order valence-corrected chi connectivity index (χ4v) is 4.23. The number of hydrazone groups is 1. The van der Waals surface area contributed by atoms with Crippen LogP contribution < -0.4 is 9.73 Å². The molecule has 0 saturated heterocycles. The standard InChI is InChI=1S/C21H17Cl2N3O3S/c22-17-8-6-16(7-9-17)14-24-25-21(27)15-26(19-12-10-18(23)11-13-19)30(28,29)20-4-2-1-3-5-20/h1-14H,15H2,(H,25,27)/b24-14-. The molecule has 9 heteroatoms. The lowest BCUT2D eigenvalue weighted by Crippen LogP contribution is -2.39. The van der Waals surface area contributed by atoms with E-state index in [9.17, 15) is 13.2 Å². The van der Waals surface area contributed by atoms with Gasteiger partial charge in [0.05, 0.1) is 16.8 Å². The summed E-state index contributed by atoms with van der Waals surface area (Å²) in [6.07, 6.45) is 1.44. The maximum absolute atomic E-state index is 13.1. The molecule has 0 heterocycles. The van der Waals surface area contributed by atoms with Crippen LogP contribution in [0.1, 0.15) is 5.56 Å². The van der Waals surface area contributed by atoms with E-state index in [1.54, 1.807) is 54.6 Å². The minimum Gasteiger partial charge on any atom is -0.271 e. The fourth-order valence-electron chi connectivity index (χ4n) is 2.54. The summed E-state index contributed by atoms with van der Waals surface area (Å²) in [6, 6.07) is 20.9. The number of rotatable bonds is 7. The van der Waals surface area contributed by atoms with E-state index >= 15 is 0 Å². The minimum atomic E-state index is -3.98. The number of carbonyl (C=O) groups excluding carboxylic acids is 1. The first-order valence-electron chi connectivity index (χ1n) is 8.77. The van der Waals surface area contributed by atoms with Crippen LogP contribution in [0.25, 0.3) is 0 Å². The van der Waals surface area contributed by atoms with Gasteiger partial charge in [0.2, 0.25) is 0 Å². The highest BCUT2D eigenvalue weighted by Gasteiger charge is 2.27. The van der Waals surface area contributed by atoms with Crippen LogP contribution in [0.3, 0.4) is 0 Å². The largest absolute Gasteiger partial charge is 0.271 e. The van der Waals surface area contributed by atoms with Crippen molar-refractivity contribution < 1.29 is 13.2 Å². The van der Waals surface area contributed by atoms with Gasteiger partial charge in [0, 0.05) is 10.0 Å². The number of nitrogens with one attached hydrogen (secondary N) is 1. The Kier molecular flexibility index (Phi) is 7.10. The average molecular weight is 462 g/mol. The van der Waals surface area contributed by atoms with E-state index in [4.69, 9.17) is 23.2 Å². The Morgan fingerprint density at radius 2 is 1.47 bits per heavy atom. The van der Waals surface area contributed by atoms with Gasteiger partial charge in [0.15, 0.2) is 0 Å². The lowest BCUT2D eigenvalue weighted by molar-refractivity contribution is -0.119. The van der Waals surface area contributed by atoms with Gasteiger partial charge in [-0.2, -0.15) is 5.10 Å². The first kappa shape index (κ1) is 21.8. The van der Waals surface area contributed by atoms with Crippen molar-refractivity contribution >= 4 is 51.0 Å². The van der Waals surface area contributed by atoms with Gasteiger partial charge in [-0.3, -0.25) is 9.10 Å². The van der Waals surface area contributed by atoms with Crippen LogP contribution in [-0.2, 0) is 14.8 Å². The van der Waals surface area contributed by atoms with E-state index in [0.29, 0.717) is 15.7 Å². The predicted molar refractivity (Wildman–Crippen MR) is 120 cm³/mol. The second-order valence-corrected chi connectivity index (χ2v) is 8.88. The van der Waals surface area contributed by atoms with Crippen LogP contribution in [0.4, 0.5) is 5.69 Å². The van der Waals surface area contributed by atoms with Crippen LogP contribution in [-0.4, -0.2) is 27.1 Å². The SMILES string of the molecule is O=C(CN(c1ccc(Cl)cc1)S(=O)(=O)c1ccccc1)N/N=C\c1ccc(Cl)cc1. The molecule has 0 saturated carbocycles. The van der Waals surface area contributed by atoms with Crippen molar-refractivity contribution in [1.82, 2.24) is 5.43 Å². The molecule has 3 rings (SSSR count). The Morgan fingerprint density at radius 3 is 2.07 bits per heavy atom. The highest BCUT2D eigenvalue weighted by molar-refractivity contribution is 7.92. The molecule has 0 bridgehead atoms. The quantitative estimate of drug-likeness (QED) is 0.419. The Balaban J connectivity index is 1.81. The zero-order chi connectivity index (χ0) is 21.6. The summed E-state index contributed by atoms with van der Waals surface area (Å²) in [5.74, 6) is -0.602. The van der Waals surface area contributed by atoms with Gasteiger partial charge in [-0.05, 0) is 54.1 Å². The summed E-state index contributed by atoms with van der Waals surface area (Å²) in [5.41, 5.74) is 3.38. The third-order valence-electron chi connectivity index (χ3n) is 4.01. The van der Waals surface area contributed by atoms with Crippen molar-refractivity contribution in [2.24, 2.45) is 5.10 Å². The van der Waals surface area contributed by atoms with E-state index in [2.05, 4.69) is 10.5 Å². The number of benzene rings is 3. The van der Waals surface area contributed by atoms with Crippen molar-refractivity contribution in [3.8, 4) is 0 Å². The van der Waals surface area contributed by atoms with E-state index in [1.807, 2.05) is 0 Å². The van der Waals surface area contributed by atoms with E-state index < -0.39 is 22.5 Å². The zero-order valence-electron chi connectivity index (χ0n) is 15.6. The lowest BCUT2D eigenvalue weighted by atomic mass is 10.2. The summed E-state index contributed by atoms with van der Waals surface area (Å²) in [7, 11) is -3.98. The number of carbonyl (C=O) groups is 1. The van der Waals surface area contributed by atoms with Gasteiger partial charge in [-0.25, -0.2) is 13.8 Å². The van der Waals surface area contributed by atoms with Crippen molar-refractivity contribution in [3.05, 3.63) is 94.5 Å². The van der Waals surface area contributed by atoms with E-state index in [0.717, 1.165) is 9.87 Å². The first-order valence-corrected chi connectivity index (χ1v) is 11.0.